The zero-order valence-corrected chi connectivity index (χ0v) is 6.10. The van der Waals surface area contributed by atoms with Crippen LogP contribution in [0.25, 0.3) is 0 Å². The maximum Gasteiger partial charge on any atom is 0.524 e. The Kier molecular flexibility index (Phi) is 2.58. The Hall–Kier alpha value is 0.0200. The molecule has 4 heteroatoms. The lowest BCUT2D eigenvalue weighted by molar-refractivity contribution is 0.425. The molecule has 0 saturated carbocycles. The zero-order valence-electron chi connectivity index (χ0n) is 5.21. The summed E-state index contributed by atoms with van der Waals surface area (Å²) in [5.41, 5.74) is 0. The Morgan fingerprint density at radius 1 is 1.56 bits per heavy atom. The molecule has 0 aromatic heterocycles. The van der Waals surface area contributed by atoms with Gasteiger partial charge >= 0.3 is 8.03 Å². The fourth-order valence-corrected chi connectivity index (χ4v) is 1.71. The lowest BCUT2D eigenvalue weighted by Gasteiger charge is -2.12. The van der Waals surface area contributed by atoms with Crippen molar-refractivity contribution in [1.29, 1.82) is 0 Å². The molecule has 1 heterocycles. The van der Waals surface area contributed by atoms with Gasteiger partial charge in [0.1, 0.15) is 0 Å². The largest absolute Gasteiger partial charge is 0.524 e. The summed E-state index contributed by atoms with van der Waals surface area (Å²) in [5.74, 6) is -0.131. The minimum atomic E-state index is -1.98. The first-order valence-electron chi connectivity index (χ1n) is 3.19. The summed E-state index contributed by atoms with van der Waals surface area (Å²) in [6.45, 7) is 0.895. The van der Waals surface area contributed by atoms with Crippen LogP contribution in [0.5, 0.6) is 0 Å². The van der Waals surface area contributed by atoms with Crippen LogP contribution in [0.1, 0.15) is 19.3 Å². The van der Waals surface area contributed by atoms with Crippen molar-refractivity contribution in [3.63, 3.8) is 0 Å². The monoisotopic (exact) mass is 148 g/mol. The molecule has 0 aliphatic carbocycles. The molecule has 1 rings (SSSR count). The van der Waals surface area contributed by atoms with Crippen molar-refractivity contribution < 1.29 is 9.46 Å². The highest BCUT2D eigenvalue weighted by Gasteiger charge is 2.29. The first kappa shape index (κ1) is 7.13. The van der Waals surface area contributed by atoms with E-state index in [1.165, 1.54) is 0 Å². The van der Waals surface area contributed by atoms with Gasteiger partial charge in [-0.2, -0.15) is 4.89 Å². The smallest absolute Gasteiger partial charge is 0.271 e. The summed E-state index contributed by atoms with van der Waals surface area (Å²) in [7, 11) is -1.98. The van der Waals surface area contributed by atoms with Gasteiger partial charge in [0.05, 0.1) is 0 Å². The minimum Gasteiger partial charge on any atom is -0.271 e. The van der Waals surface area contributed by atoms with Gasteiger partial charge in [0.15, 0.2) is 0 Å². The highest BCUT2D eigenvalue weighted by atomic mass is 31.1. The molecule has 1 saturated heterocycles. The summed E-state index contributed by atoms with van der Waals surface area (Å²) in [6, 6.07) is 0. The number of nitrogens with one attached hydrogen (secondary N) is 1. The van der Waals surface area contributed by atoms with E-state index in [2.05, 4.69) is 5.32 Å². The van der Waals surface area contributed by atoms with E-state index in [9.17, 15) is 4.57 Å². The molecule has 2 atom stereocenters. The molecule has 0 radical (unpaired) electrons. The Bertz CT molecular complexity index is 112. The fourth-order valence-electron chi connectivity index (χ4n) is 1.02. The second kappa shape index (κ2) is 3.25. The van der Waals surface area contributed by atoms with E-state index in [1.54, 1.807) is 0 Å². The first-order chi connectivity index (χ1) is 4.30. The van der Waals surface area contributed by atoms with Crippen molar-refractivity contribution in [3.05, 3.63) is 0 Å². The molecule has 1 aliphatic rings. The molecular weight excluding hydrogens is 137 g/mol. The first-order valence-corrected chi connectivity index (χ1v) is 4.47. The second-order valence-electron chi connectivity index (χ2n) is 2.27. The van der Waals surface area contributed by atoms with E-state index in [4.69, 9.17) is 4.89 Å². The van der Waals surface area contributed by atoms with Crippen molar-refractivity contribution in [1.82, 2.24) is 5.32 Å². The summed E-state index contributed by atoms with van der Waals surface area (Å²) >= 11 is 0. The van der Waals surface area contributed by atoms with Gasteiger partial charge in [-0.3, -0.25) is 5.32 Å². The van der Waals surface area contributed by atoms with Crippen LogP contribution < -0.4 is 5.32 Å². The fraction of sp³-hybridized carbons (Fsp3) is 1.00. The van der Waals surface area contributed by atoms with Crippen molar-refractivity contribution in [2.24, 2.45) is 0 Å². The topological polar surface area (TPSA) is 49.3 Å². The summed E-state index contributed by atoms with van der Waals surface area (Å²) in [5, 5.41) is 2.98. The number of hydrogen-bond acceptors (Lipinski definition) is 2. The zero-order chi connectivity index (χ0) is 6.69. The summed E-state index contributed by atoms with van der Waals surface area (Å²) in [6.07, 6.45) is 3.07. The van der Waals surface area contributed by atoms with Crippen molar-refractivity contribution in [2.75, 3.05) is 6.54 Å². The number of hydrogen-bond donors (Lipinski definition) is 2. The SMILES string of the molecule is O=[P+](O)C1CCCCN1. The predicted molar refractivity (Wildman–Crippen MR) is 35.5 cm³/mol. The highest BCUT2D eigenvalue weighted by molar-refractivity contribution is 7.38. The van der Waals surface area contributed by atoms with Crippen molar-refractivity contribution in [3.8, 4) is 0 Å². The van der Waals surface area contributed by atoms with Gasteiger partial charge < -0.3 is 0 Å². The number of rotatable bonds is 1. The van der Waals surface area contributed by atoms with E-state index >= 15 is 0 Å². The van der Waals surface area contributed by atoms with Gasteiger partial charge in [0, 0.05) is 6.42 Å². The highest BCUT2D eigenvalue weighted by Crippen LogP contribution is 2.26. The van der Waals surface area contributed by atoms with Gasteiger partial charge in [0.25, 0.3) is 0 Å². The predicted octanol–water partition coefficient (Wildman–Crippen LogP) is 0.821. The Morgan fingerprint density at radius 3 is 2.67 bits per heavy atom. The molecule has 3 nitrogen and oxygen atoms in total. The van der Waals surface area contributed by atoms with Crippen LogP contribution >= 0.6 is 8.03 Å². The molecule has 0 bridgehead atoms. The molecule has 2 N–H and O–H groups in total. The van der Waals surface area contributed by atoms with Crippen LogP contribution in [-0.4, -0.2) is 17.2 Å². The lowest BCUT2D eigenvalue weighted by atomic mass is 10.2. The molecule has 0 amide bonds. The van der Waals surface area contributed by atoms with Crippen LogP contribution in [-0.2, 0) is 4.57 Å². The molecule has 1 fully saturated rings. The van der Waals surface area contributed by atoms with E-state index in [1.807, 2.05) is 0 Å². The van der Waals surface area contributed by atoms with Gasteiger partial charge in [-0.1, -0.05) is 0 Å². The van der Waals surface area contributed by atoms with Crippen LogP contribution in [0, 0.1) is 0 Å². The van der Waals surface area contributed by atoms with Crippen LogP contribution in [0.3, 0.4) is 0 Å². The average molecular weight is 148 g/mol. The van der Waals surface area contributed by atoms with Gasteiger partial charge in [0.2, 0.25) is 5.78 Å². The van der Waals surface area contributed by atoms with Gasteiger partial charge in [-0.05, 0) is 24.0 Å². The summed E-state index contributed by atoms with van der Waals surface area (Å²) in [4.78, 5) is 8.62. The average Bonchev–Trinajstić information content (AvgIpc) is 1.90. The van der Waals surface area contributed by atoms with E-state index in [-0.39, 0.29) is 5.78 Å². The normalized spacial score (nSPS) is 29.9. The maximum atomic E-state index is 10.4. The van der Waals surface area contributed by atoms with E-state index in [0.717, 1.165) is 25.8 Å². The molecule has 52 valence electrons. The third-order valence-electron chi connectivity index (χ3n) is 1.55. The Labute approximate surface area is 55.3 Å². The molecule has 0 aromatic rings. The van der Waals surface area contributed by atoms with Crippen LogP contribution in [0.15, 0.2) is 0 Å². The van der Waals surface area contributed by atoms with Crippen LogP contribution in [0.2, 0.25) is 0 Å². The van der Waals surface area contributed by atoms with Gasteiger partial charge in [-0.15, -0.1) is 0 Å². The molecule has 2 unspecified atom stereocenters. The standard InChI is InChI=1S/C5H10NO2P/c7-9(8)5-3-1-2-4-6-5/h5-6H,1-4H2/p+1. The lowest BCUT2D eigenvalue weighted by Crippen LogP contribution is -2.30. The Balaban J connectivity index is 2.31. The molecule has 1 aliphatic heterocycles. The quantitative estimate of drug-likeness (QED) is 0.541. The van der Waals surface area contributed by atoms with E-state index < -0.39 is 8.03 Å². The third-order valence-corrected chi connectivity index (χ3v) is 2.52. The number of piperidine rings is 1. The Morgan fingerprint density at radius 2 is 2.33 bits per heavy atom. The van der Waals surface area contributed by atoms with Crippen molar-refractivity contribution >= 4 is 8.03 Å². The molecular formula is C5H11NO2P+. The van der Waals surface area contributed by atoms with Gasteiger partial charge in [-0.25, -0.2) is 0 Å². The summed E-state index contributed by atoms with van der Waals surface area (Å²) < 4.78 is 10.4. The minimum absolute atomic E-state index is 0.131. The van der Waals surface area contributed by atoms with Crippen LogP contribution in [0.4, 0.5) is 0 Å². The third kappa shape index (κ3) is 2.01. The molecule has 0 aromatic carbocycles. The van der Waals surface area contributed by atoms with E-state index in [0.29, 0.717) is 0 Å². The second-order valence-corrected chi connectivity index (χ2v) is 3.50. The molecule has 9 heavy (non-hydrogen) atoms. The van der Waals surface area contributed by atoms with Crippen molar-refractivity contribution in [2.45, 2.75) is 25.0 Å². The molecule has 0 spiro atoms. The maximum absolute atomic E-state index is 10.4.